The number of halogens is 1. The largest absolute Gasteiger partial charge is 0.480 e. The maximum Gasteiger partial charge on any atom is 0.232 e. The third-order valence-corrected chi connectivity index (χ3v) is 1.80. The van der Waals surface area contributed by atoms with Gasteiger partial charge in [0.15, 0.2) is 0 Å². The molecule has 1 aromatic heterocycles. The highest BCUT2D eigenvalue weighted by Gasteiger charge is 2.03. The van der Waals surface area contributed by atoms with Crippen molar-refractivity contribution in [2.24, 2.45) is 0 Å². The third kappa shape index (κ3) is 2.60. The number of hydrogen-bond acceptors (Lipinski definition) is 4. The van der Waals surface area contributed by atoms with Gasteiger partial charge in [0.25, 0.3) is 0 Å². The van der Waals surface area contributed by atoms with Gasteiger partial charge in [-0.25, -0.2) is 4.98 Å². The zero-order chi connectivity index (χ0) is 9.68. The van der Waals surface area contributed by atoms with E-state index in [1.807, 2.05) is 0 Å². The summed E-state index contributed by atoms with van der Waals surface area (Å²) in [7, 11) is 1.54. The van der Waals surface area contributed by atoms with Gasteiger partial charge < -0.3 is 10.1 Å². The molecule has 1 heterocycles. The van der Waals surface area contributed by atoms with Gasteiger partial charge in [0.1, 0.15) is 0 Å². The van der Waals surface area contributed by atoms with E-state index in [2.05, 4.69) is 37.1 Å². The molecule has 0 aromatic carbocycles. The van der Waals surface area contributed by atoms with E-state index >= 15 is 0 Å². The number of terminal acetylenes is 1. The van der Waals surface area contributed by atoms with Crippen molar-refractivity contribution in [1.29, 1.82) is 0 Å². The second-order valence-electron chi connectivity index (χ2n) is 2.11. The molecule has 1 aromatic rings. The van der Waals surface area contributed by atoms with Crippen LogP contribution in [0.15, 0.2) is 10.7 Å². The van der Waals surface area contributed by atoms with Crippen LogP contribution in [0, 0.1) is 12.3 Å². The lowest BCUT2D eigenvalue weighted by molar-refractivity contribution is 0.394. The molecule has 0 unspecified atom stereocenters. The highest BCUT2D eigenvalue weighted by Crippen LogP contribution is 2.21. The summed E-state index contributed by atoms with van der Waals surface area (Å²) in [5, 5.41) is 2.84. The van der Waals surface area contributed by atoms with Gasteiger partial charge in [0.2, 0.25) is 11.8 Å². The van der Waals surface area contributed by atoms with Gasteiger partial charge in [0, 0.05) is 0 Å². The molecule has 0 fully saturated rings. The molecule has 0 atom stereocenters. The number of ether oxygens (including phenoxy) is 1. The Morgan fingerprint density at radius 2 is 2.54 bits per heavy atom. The van der Waals surface area contributed by atoms with E-state index in [0.29, 0.717) is 22.8 Å². The van der Waals surface area contributed by atoms with E-state index < -0.39 is 0 Å². The lowest BCUT2D eigenvalue weighted by Gasteiger charge is -2.04. The molecule has 0 aliphatic carbocycles. The van der Waals surface area contributed by atoms with E-state index in [9.17, 15) is 0 Å². The SMILES string of the molecule is C#CCNc1ncc(Br)c(OC)n1. The van der Waals surface area contributed by atoms with E-state index in [0.717, 1.165) is 0 Å². The van der Waals surface area contributed by atoms with Crippen LogP contribution in [0.3, 0.4) is 0 Å². The zero-order valence-corrected chi connectivity index (χ0v) is 8.63. The van der Waals surface area contributed by atoms with E-state index in [1.165, 1.54) is 7.11 Å². The predicted octanol–water partition coefficient (Wildman–Crippen LogP) is 1.29. The second kappa shape index (κ2) is 4.67. The van der Waals surface area contributed by atoms with Crippen molar-refractivity contribution in [1.82, 2.24) is 9.97 Å². The Hall–Kier alpha value is -1.28. The molecule has 1 rings (SSSR count). The number of rotatable bonds is 3. The van der Waals surface area contributed by atoms with Gasteiger partial charge in [-0.1, -0.05) is 5.92 Å². The van der Waals surface area contributed by atoms with Crippen LogP contribution >= 0.6 is 15.9 Å². The molecule has 0 amide bonds. The summed E-state index contributed by atoms with van der Waals surface area (Å²) in [6.45, 7) is 0.394. The average Bonchev–Trinajstić information content (AvgIpc) is 2.16. The molecule has 0 spiro atoms. The van der Waals surface area contributed by atoms with Crippen LogP contribution in [0.4, 0.5) is 5.95 Å². The predicted molar refractivity (Wildman–Crippen MR) is 53.6 cm³/mol. The lowest BCUT2D eigenvalue weighted by Crippen LogP contribution is -2.04. The fourth-order valence-corrected chi connectivity index (χ4v) is 1.06. The second-order valence-corrected chi connectivity index (χ2v) is 2.96. The number of hydrogen-bond donors (Lipinski definition) is 1. The first-order valence-corrected chi connectivity index (χ1v) is 4.31. The molecule has 0 bridgehead atoms. The van der Waals surface area contributed by atoms with Crippen molar-refractivity contribution in [2.45, 2.75) is 0 Å². The van der Waals surface area contributed by atoms with Crippen LogP contribution in [-0.2, 0) is 0 Å². The minimum atomic E-state index is 0.394. The molecule has 0 saturated carbocycles. The maximum absolute atomic E-state index is 5.07. The van der Waals surface area contributed by atoms with Crippen molar-refractivity contribution >= 4 is 21.9 Å². The smallest absolute Gasteiger partial charge is 0.232 e. The first-order valence-electron chi connectivity index (χ1n) is 3.51. The molecule has 0 radical (unpaired) electrons. The number of aromatic nitrogens is 2. The van der Waals surface area contributed by atoms with Crippen LogP contribution in [0.2, 0.25) is 0 Å². The number of anilines is 1. The molecule has 5 heteroatoms. The molecule has 4 nitrogen and oxygen atoms in total. The van der Waals surface area contributed by atoms with Gasteiger partial charge in [-0.05, 0) is 15.9 Å². The van der Waals surface area contributed by atoms with Crippen molar-refractivity contribution in [2.75, 3.05) is 19.0 Å². The molecular weight excluding hydrogens is 234 g/mol. The topological polar surface area (TPSA) is 47.0 Å². The van der Waals surface area contributed by atoms with Gasteiger partial charge in [0.05, 0.1) is 24.3 Å². The van der Waals surface area contributed by atoms with Crippen molar-refractivity contribution < 1.29 is 4.74 Å². The lowest BCUT2D eigenvalue weighted by atomic mass is 10.6. The average molecular weight is 242 g/mol. The molecule has 68 valence electrons. The minimum absolute atomic E-state index is 0.394. The Labute approximate surface area is 84.9 Å². The molecule has 13 heavy (non-hydrogen) atoms. The fraction of sp³-hybridized carbons (Fsp3) is 0.250. The summed E-state index contributed by atoms with van der Waals surface area (Å²) in [5.74, 6) is 3.36. The first-order chi connectivity index (χ1) is 6.27. The number of nitrogens with zero attached hydrogens (tertiary/aromatic N) is 2. The van der Waals surface area contributed by atoms with E-state index in [-0.39, 0.29) is 0 Å². The number of methoxy groups -OCH3 is 1. The summed E-state index contributed by atoms with van der Waals surface area (Å²) in [4.78, 5) is 8.02. The Balaban J connectivity index is 2.81. The third-order valence-electron chi connectivity index (χ3n) is 1.25. The highest BCUT2D eigenvalue weighted by atomic mass is 79.9. The Kier molecular flexibility index (Phi) is 3.53. The van der Waals surface area contributed by atoms with Crippen LogP contribution in [0.5, 0.6) is 5.88 Å². The Morgan fingerprint density at radius 3 is 3.15 bits per heavy atom. The van der Waals surface area contributed by atoms with Gasteiger partial charge in [-0.2, -0.15) is 4.98 Å². The summed E-state index contributed by atoms with van der Waals surface area (Å²) in [6.07, 6.45) is 6.67. The van der Waals surface area contributed by atoms with Crippen LogP contribution < -0.4 is 10.1 Å². The Bertz CT molecular complexity index is 335. The van der Waals surface area contributed by atoms with E-state index in [4.69, 9.17) is 11.2 Å². The quantitative estimate of drug-likeness (QED) is 0.811. The van der Waals surface area contributed by atoms with Gasteiger partial charge in [-0.3, -0.25) is 0 Å². The van der Waals surface area contributed by atoms with Crippen LogP contribution in [0.1, 0.15) is 0 Å². The fourth-order valence-electron chi connectivity index (χ4n) is 0.710. The standard InChI is InChI=1S/C8H8BrN3O/c1-3-4-10-8-11-5-6(9)7(12-8)13-2/h1,5H,4H2,2H3,(H,10,11,12). The van der Waals surface area contributed by atoms with Gasteiger partial charge in [-0.15, -0.1) is 6.42 Å². The summed E-state index contributed by atoms with van der Waals surface area (Å²) >= 11 is 3.24. The monoisotopic (exact) mass is 241 g/mol. The van der Waals surface area contributed by atoms with Crippen LogP contribution in [-0.4, -0.2) is 23.6 Å². The molecular formula is C8H8BrN3O. The zero-order valence-electron chi connectivity index (χ0n) is 7.04. The normalized spacial score (nSPS) is 9.00. The first kappa shape index (κ1) is 9.81. The summed E-state index contributed by atoms with van der Waals surface area (Å²) in [6, 6.07) is 0. The summed E-state index contributed by atoms with van der Waals surface area (Å²) in [5.41, 5.74) is 0. The van der Waals surface area contributed by atoms with Crippen molar-refractivity contribution in [3.8, 4) is 18.2 Å². The van der Waals surface area contributed by atoms with Crippen molar-refractivity contribution in [3.05, 3.63) is 10.7 Å². The maximum atomic E-state index is 5.07. The molecule has 0 saturated heterocycles. The Morgan fingerprint density at radius 1 is 1.77 bits per heavy atom. The molecule has 0 aliphatic heterocycles. The van der Waals surface area contributed by atoms with Crippen LogP contribution in [0.25, 0.3) is 0 Å². The highest BCUT2D eigenvalue weighted by molar-refractivity contribution is 9.10. The number of nitrogens with one attached hydrogen (secondary N) is 1. The van der Waals surface area contributed by atoms with Gasteiger partial charge >= 0.3 is 0 Å². The molecule has 1 N–H and O–H groups in total. The molecule has 0 aliphatic rings. The van der Waals surface area contributed by atoms with E-state index in [1.54, 1.807) is 6.20 Å². The van der Waals surface area contributed by atoms with Crippen molar-refractivity contribution in [3.63, 3.8) is 0 Å². The summed E-state index contributed by atoms with van der Waals surface area (Å²) < 4.78 is 5.69. The minimum Gasteiger partial charge on any atom is -0.480 e.